The topological polar surface area (TPSA) is 62.5 Å². The third-order valence-electron chi connectivity index (χ3n) is 2.96. The van der Waals surface area contributed by atoms with Crippen LogP contribution < -0.4 is 9.47 Å². The molecule has 0 saturated carbocycles. The molecule has 0 aliphatic heterocycles. The highest BCUT2D eigenvalue weighted by Crippen LogP contribution is 2.31. The van der Waals surface area contributed by atoms with Crippen molar-refractivity contribution in [2.75, 3.05) is 6.61 Å². The van der Waals surface area contributed by atoms with Crippen LogP contribution in [0.15, 0.2) is 42.5 Å². The summed E-state index contributed by atoms with van der Waals surface area (Å²) < 4.78 is 11.2. The van der Waals surface area contributed by atoms with Crippen LogP contribution in [0, 0.1) is 11.3 Å². The fourth-order valence-corrected chi connectivity index (χ4v) is 1.93. The monoisotopic (exact) mass is 283 g/mol. The van der Waals surface area contributed by atoms with Gasteiger partial charge in [0, 0.05) is 5.56 Å². The van der Waals surface area contributed by atoms with Gasteiger partial charge in [-0.1, -0.05) is 6.07 Å². The lowest BCUT2D eigenvalue weighted by molar-refractivity contribution is 0.195. The summed E-state index contributed by atoms with van der Waals surface area (Å²) in [5, 5.41) is 18.7. The number of hydrogen-bond acceptors (Lipinski definition) is 4. The minimum atomic E-state index is -0.671. The van der Waals surface area contributed by atoms with E-state index >= 15 is 0 Å². The van der Waals surface area contributed by atoms with Crippen LogP contribution in [0.4, 0.5) is 0 Å². The first-order chi connectivity index (χ1) is 10.1. The van der Waals surface area contributed by atoms with Gasteiger partial charge in [-0.2, -0.15) is 5.26 Å². The number of hydrogen-bond donors (Lipinski definition) is 1. The number of benzene rings is 2. The van der Waals surface area contributed by atoms with Gasteiger partial charge >= 0.3 is 0 Å². The van der Waals surface area contributed by atoms with E-state index in [4.69, 9.17) is 14.7 Å². The average Bonchev–Trinajstić information content (AvgIpc) is 2.49. The molecule has 0 spiro atoms. The van der Waals surface area contributed by atoms with Crippen LogP contribution in [0.5, 0.6) is 17.2 Å². The minimum absolute atomic E-state index is 0.480. The van der Waals surface area contributed by atoms with Crippen LogP contribution in [0.3, 0.4) is 0 Å². The number of nitrogens with zero attached hydrogens (tertiary/aromatic N) is 1. The zero-order chi connectivity index (χ0) is 15.2. The molecule has 0 saturated heterocycles. The summed E-state index contributed by atoms with van der Waals surface area (Å²) in [6.07, 6.45) is -0.671. The maximum Gasteiger partial charge on any atom is 0.134 e. The van der Waals surface area contributed by atoms with E-state index in [-0.39, 0.29) is 0 Å². The summed E-state index contributed by atoms with van der Waals surface area (Å²) >= 11 is 0. The van der Waals surface area contributed by atoms with E-state index in [2.05, 4.69) is 6.07 Å². The van der Waals surface area contributed by atoms with Crippen molar-refractivity contribution in [3.05, 3.63) is 53.6 Å². The maximum absolute atomic E-state index is 9.78. The largest absolute Gasteiger partial charge is 0.494 e. The smallest absolute Gasteiger partial charge is 0.134 e. The first-order valence-corrected chi connectivity index (χ1v) is 6.77. The molecule has 0 aromatic heterocycles. The van der Waals surface area contributed by atoms with Gasteiger partial charge in [0.2, 0.25) is 0 Å². The zero-order valence-electron chi connectivity index (χ0n) is 12.0. The maximum atomic E-state index is 9.78. The molecule has 21 heavy (non-hydrogen) atoms. The molecule has 0 heterocycles. The van der Waals surface area contributed by atoms with Crippen LogP contribution in [0.2, 0.25) is 0 Å². The summed E-state index contributed by atoms with van der Waals surface area (Å²) in [5.74, 6) is 1.87. The molecule has 1 N–H and O–H groups in total. The van der Waals surface area contributed by atoms with Gasteiger partial charge in [0.15, 0.2) is 0 Å². The molecular weight excluding hydrogens is 266 g/mol. The highest BCUT2D eigenvalue weighted by atomic mass is 16.5. The molecule has 4 nitrogen and oxygen atoms in total. The van der Waals surface area contributed by atoms with Gasteiger partial charge in [-0.3, -0.25) is 0 Å². The van der Waals surface area contributed by atoms with Gasteiger partial charge in [-0.15, -0.1) is 0 Å². The van der Waals surface area contributed by atoms with E-state index < -0.39 is 6.10 Å². The molecule has 0 fully saturated rings. The summed E-state index contributed by atoms with van der Waals surface area (Å²) in [5.41, 5.74) is 1.13. The molecule has 2 aromatic carbocycles. The summed E-state index contributed by atoms with van der Waals surface area (Å²) in [6, 6.07) is 14.3. The highest BCUT2D eigenvalue weighted by Gasteiger charge is 2.11. The Bertz CT molecular complexity index is 642. The van der Waals surface area contributed by atoms with E-state index in [9.17, 15) is 5.11 Å². The second-order valence-corrected chi connectivity index (χ2v) is 4.55. The Hall–Kier alpha value is -2.51. The Morgan fingerprint density at radius 3 is 2.38 bits per heavy atom. The molecule has 0 amide bonds. The standard InChI is InChI=1S/C17H17NO3/c1-3-20-14-5-7-15(8-6-14)21-17-10-13(11-18)4-9-16(17)12(2)19/h4-10,12,19H,3H2,1-2H3/t12-/m1/s1. The van der Waals surface area contributed by atoms with E-state index in [0.717, 1.165) is 5.75 Å². The normalized spacial score (nSPS) is 11.5. The van der Waals surface area contributed by atoms with Crippen molar-refractivity contribution in [1.29, 1.82) is 5.26 Å². The Morgan fingerprint density at radius 1 is 1.14 bits per heavy atom. The fraction of sp³-hybridized carbons (Fsp3) is 0.235. The first-order valence-electron chi connectivity index (χ1n) is 6.77. The quantitative estimate of drug-likeness (QED) is 0.906. The molecule has 0 unspecified atom stereocenters. The Morgan fingerprint density at radius 2 is 1.81 bits per heavy atom. The molecule has 0 aliphatic rings. The van der Waals surface area contributed by atoms with E-state index in [1.807, 2.05) is 19.1 Å². The lowest BCUT2D eigenvalue weighted by Gasteiger charge is -2.14. The predicted octanol–water partition coefficient (Wildman–Crippen LogP) is 3.80. The lowest BCUT2D eigenvalue weighted by Crippen LogP contribution is -1.97. The van der Waals surface area contributed by atoms with Gasteiger partial charge in [-0.05, 0) is 50.2 Å². The van der Waals surface area contributed by atoms with E-state index in [1.165, 1.54) is 0 Å². The van der Waals surface area contributed by atoms with Crippen LogP contribution in [-0.2, 0) is 0 Å². The number of aliphatic hydroxyl groups excluding tert-OH is 1. The molecule has 2 rings (SSSR count). The SMILES string of the molecule is CCOc1ccc(Oc2cc(C#N)ccc2[C@@H](C)O)cc1. The van der Waals surface area contributed by atoms with Crippen molar-refractivity contribution >= 4 is 0 Å². The number of rotatable bonds is 5. The van der Waals surface area contributed by atoms with Crippen LogP contribution in [-0.4, -0.2) is 11.7 Å². The zero-order valence-corrected chi connectivity index (χ0v) is 12.0. The molecule has 0 bridgehead atoms. The highest BCUT2D eigenvalue weighted by molar-refractivity contribution is 5.46. The average molecular weight is 283 g/mol. The number of ether oxygens (including phenoxy) is 2. The summed E-state index contributed by atoms with van der Waals surface area (Å²) in [7, 11) is 0. The van der Waals surface area contributed by atoms with Crippen molar-refractivity contribution in [2.24, 2.45) is 0 Å². The van der Waals surface area contributed by atoms with Gasteiger partial charge in [-0.25, -0.2) is 0 Å². The molecule has 4 heteroatoms. The van der Waals surface area contributed by atoms with Crippen molar-refractivity contribution in [3.63, 3.8) is 0 Å². The van der Waals surface area contributed by atoms with Gasteiger partial charge < -0.3 is 14.6 Å². The number of aliphatic hydroxyl groups is 1. The minimum Gasteiger partial charge on any atom is -0.494 e. The van der Waals surface area contributed by atoms with Crippen LogP contribution in [0.25, 0.3) is 0 Å². The van der Waals surface area contributed by atoms with E-state index in [1.54, 1.807) is 37.3 Å². The van der Waals surface area contributed by atoms with Gasteiger partial charge in [0.05, 0.1) is 24.3 Å². The van der Waals surface area contributed by atoms with Gasteiger partial charge in [0.1, 0.15) is 17.2 Å². The number of nitriles is 1. The van der Waals surface area contributed by atoms with Gasteiger partial charge in [0.25, 0.3) is 0 Å². The second-order valence-electron chi connectivity index (χ2n) is 4.55. The molecular formula is C17H17NO3. The van der Waals surface area contributed by atoms with Crippen molar-refractivity contribution in [1.82, 2.24) is 0 Å². The summed E-state index contributed by atoms with van der Waals surface area (Å²) in [4.78, 5) is 0. The van der Waals surface area contributed by atoms with Crippen LogP contribution in [0.1, 0.15) is 31.1 Å². The van der Waals surface area contributed by atoms with Crippen molar-refractivity contribution in [3.8, 4) is 23.3 Å². The second kappa shape index (κ2) is 6.78. The lowest BCUT2D eigenvalue weighted by atomic mass is 10.1. The Labute approximate surface area is 124 Å². The van der Waals surface area contributed by atoms with E-state index in [0.29, 0.717) is 29.2 Å². The molecule has 108 valence electrons. The molecule has 1 atom stereocenters. The third kappa shape index (κ3) is 3.74. The Kier molecular flexibility index (Phi) is 4.81. The Balaban J connectivity index is 2.27. The molecule has 0 radical (unpaired) electrons. The fourth-order valence-electron chi connectivity index (χ4n) is 1.93. The van der Waals surface area contributed by atoms with Crippen LogP contribution >= 0.6 is 0 Å². The first kappa shape index (κ1) is 14.9. The predicted molar refractivity (Wildman–Crippen MR) is 79.5 cm³/mol. The van der Waals surface area contributed by atoms with Crippen molar-refractivity contribution < 1.29 is 14.6 Å². The third-order valence-corrected chi connectivity index (χ3v) is 2.96. The molecule has 2 aromatic rings. The summed E-state index contributed by atoms with van der Waals surface area (Å²) in [6.45, 7) is 4.19. The molecule has 0 aliphatic carbocycles. The van der Waals surface area contributed by atoms with Crippen molar-refractivity contribution in [2.45, 2.75) is 20.0 Å².